The van der Waals surface area contributed by atoms with Crippen molar-refractivity contribution < 1.29 is 5.21 Å². The Morgan fingerprint density at radius 2 is 1.83 bits per heavy atom. The highest BCUT2D eigenvalue weighted by Gasteiger charge is 2.02. The van der Waals surface area contributed by atoms with Crippen LogP contribution in [0.4, 0.5) is 0 Å². The van der Waals surface area contributed by atoms with Crippen LogP contribution in [0.5, 0.6) is 0 Å². The molecule has 3 rings (SSSR count). The molecule has 0 amide bonds. The van der Waals surface area contributed by atoms with Gasteiger partial charge in [-0.05, 0) is 22.8 Å². The largest absolute Gasteiger partial charge is 0.361 e. The monoisotopic (exact) mass is 307 g/mol. The molecule has 4 heteroatoms. The summed E-state index contributed by atoms with van der Waals surface area (Å²) in [5.74, 6) is 0. The van der Waals surface area contributed by atoms with Gasteiger partial charge in [0.15, 0.2) is 0 Å². The van der Waals surface area contributed by atoms with Gasteiger partial charge in [0.25, 0.3) is 0 Å². The van der Waals surface area contributed by atoms with E-state index in [2.05, 4.69) is 64.4 Å². The standard InChI is InChI=1S/C19H21N3O/c23-22-11-3-4-15-7-9-16(10-8-15)12-20-13-17-14-21-19-6-2-1-5-18(17)19/h1-10,14,20-23H,11-13H2. The van der Waals surface area contributed by atoms with Crippen LogP contribution in [0.2, 0.25) is 0 Å². The first-order valence-corrected chi connectivity index (χ1v) is 7.75. The van der Waals surface area contributed by atoms with E-state index in [1.54, 1.807) is 0 Å². The van der Waals surface area contributed by atoms with Crippen molar-refractivity contribution in [2.45, 2.75) is 13.1 Å². The third kappa shape index (κ3) is 4.07. The van der Waals surface area contributed by atoms with Gasteiger partial charge in [0.05, 0.1) is 0 Å². The summed E-state index contributed by atoms with van der Waals surface area (Å²) in [6, 6.07) is 16.7. The van der Waals surface area contributed by atoms with E-state index in [1.165, 1.54) is 22.0 Å². The molecule has 1 aromatic heterocycles. The zero-order valence-corrected chi connectivity index (χ0v) is 12.9. The summed E-state index contributed by atoms with van der Waals surface area (Å²) >= 11 is 0. The highest BCUT2D eigenvalue weighted by molar-refractivity contribution is 5.82. The van der Waals surface area contributed by atoms with E-state index in [9.17, 15) is 0 Å². The second-order valence-corrected chi connectivity index (χ2v) is 5.47. The van der Waals surface area contributed by atoms with Crippen LogP contribution in [-0.4, -0.2) is 16.7 Å². The summed E-state index contributed by atoms with van der Waals surface area (Å²) in [5, 5.41) is 13.3. The molecule has 4 N–H and O–H groups in total. The fourth-order valence-electron chi connectivity index (χ4n) is 2.61. The molecule has 1 heterocycles. The van der Waals surface area contributed by atoms with Crippen LogP contribution < -0.4 is 10.8 Å². The van der Waals surface area contributed by atoms with Crippen molar-refractivity contribution in [3.05, 3.63) is 77.5 Å². The van der Waals surface area contributed by atoms with Crippen molar-refractivity contribution in [3.63, 3.8) is 0 Å². The summed E-state index contributed by atoms with van der Waals surface area (Å²) in [7, 11) is 0. The maximum atomic E-state index is 8.52. The van der Waals surface area contributed by atoms with Crippen molar-refractivity contribution in [2.75, 3.05) is 6.54 Å². The number of nitrogens with one attached hydrogen (secondary N) is 3. The van der Waals surface area contributed by atoms with Gasteiger partial charge in [-0.1, -0.05) is 54.6 Å². The molecule has 3 aromatic rings. The molecule has 0 spiro atoms. The smallest absolute Gasteiger partial charge is 0.0457 e. The molecule has 0 unspecified atom stereocenters. The lowest BCUT2D eigenvalue weighted by molar-refractivity contribution is 0.180. The van der Waals surface area contributed by atoms with Gasteiger partial charge < -0.3 is 15.5 Å². The number of hydroxylamine groups is 1. The fourth-order valence-corrected chi connectivity index (χ4v) is 2.61. The average molecular weight is 307 g/mol. The van der Waals surface area contributed by atoms with Crippen molar-refractivity contribution in [1.29, 1.82) is 0 Å². The first-order valence-electron chi connectivity index (χ1n) is 7.75. The minimum Gasteiger partial charge on any atom is -0.361 e. The van der Waals surface area contributed by atoms with Crippen molar-refractivity contribution in [2.24, 2.45) is 0 Å². The Balaban J connectivity index is 1.54. The first kappa shape index (κ1) is 15.5. The molecule has 118 valence electrons. The lowest BCUT2D eigenvalue weighted by Crippen LogP contribution is -2.12. The molecule has 0 atom stereocenters. The Morgan fingerprint density at radius 1 is 1.00 bits per heavy atom. The summed E-state index contributed by atoms with van der Waals surface area (Å²) < 4.78 is 0. The van der Waals surface area contributed by atoms with E-state index in [1.807, 2.05) is 18.2 Å². The Kier molecular flexibility index (Phi) is 5.21. The van der Waals surface area contributed by atoms with Crippen molar-refractivity contribution in [3.8, 4) is 0 Å². The van der Waals surface area contributed by atoms with E-state index in [-0.39, 0.29) is 0 Å². The average Bonchev–Trinajstić information content (AvgIpc) is 3.00. The maximum Gasteiger partial charge on any atom is 0.0457 e. The molecule has 23 heavy (non-hydrogen) atoms. The molecule has 2 aromatic carbocycles. The summed E-state index contributed by atoms with van der Waals surface area (Å²) in [5.41, 5.74) is 6.95. The molecule has 0 saturated carbocycles. The van der Waals surface area contributed by atoms with Crippen molar-refractivity contribution in [1.82, 2.24) is 15.8 Å². The molecular weight excluding hydrogens is 286 g/mol. The van der Waals surface area contributed by atoms with Gasteiger partial charge in [-0.3, -0.25) is 0 Å². The zero-order chi connectivity index (χ0) is 15.9. The number of hydrogen-bond acceptors (Lipinski definition) is 3. The minimum atomic E-state index is 0.452. The highest BCUT2D eigenvalue weighted by Crippen LogP contribution is 2.17. The predicted molar refractivity (Wildman–Crippen MR) is 94.1 cm³/mol. The van der Waals surface area contributed by atoms with Gasteiger partial charge in [0, 0.05) is 36.7 Å². The predicted octanol–water partition coefficient (Wildman–Crippen LogP) is 3.45. The molecule has 0 aliphatic rings. The van der Waals surface area contributed by atoms with Gasteiger partial charge in [-0.15, -0.1) is 0 Å². The lowest BCUT2D eigenvalue weighted by Gasteiger charge is -2.05. The van der Waals surface area contributed by atoms with E-state index < -0.39 is 0 Å². The number of hydrogen-bond donors (Lipinski definition) is 4. The summed E-state index contributed by atoms with van der Waals surface area (Å²) in [6.45, 7) is 2.13. The normalized spacial score (nSPS) is 11.5. The third-order valence-corrected chi connectivity index (χ3v) is 3.82. The molecule has 4 nitrogen and oxygen atoms in total. The fraction of sp³-hybridized carbons (Fsp3) is 0.158. The minimum absolute atomic E-state index is 0.452. The number of aromatic nitrogens is 1. The third-order valence-electron chi connectivity index (χ3n) is 3.82. The van der Waals surface area contributed by atoms with Crippen LogP contribution in [0, 0.1) is 0 Å². The van der Waals surface area contributed by atoms with Gasteiger partial charge >= 0.3 is 0 Å². The number of para-hydroxylation sites is 1. The maximum absolute atomic E-state index is 8.52. The Hall–Kier alpha value is -2.40. The first-order chi connectivity index (χ1) is 11.4. The molecule has 0 saturated heterocycles. The van der Waals surface area contributed by atoms with E-state index in [4.69, 9.17) is 5.21 Å². The number of benzene rings is 2. The molecule has 0 aliphatic carbocycles. The number of fused-ring (bicyclic) bond motifs is 1. The quantitative estimate of drug-likeness (QED) is 0.506. The summed E-state index contributed by atoms with van der Waals surface area (Å²) in [6.07, 6.45) is 5.93. The second-order valence-electron chi connectivity index (χ2n) is 5.47. The van der Waals surface area contributed by atoms with Gasteiger partial charge in [0.1, 0.15) is 0 Å². The van der Waals surface area contributed by atoms with Gasteiger partial charge in [-0.2, -0.15) is 0 Å². The Labute approximate surface area is 135 Å². The van der Waals surface area contributed by atoms with Crippen LogP contribution in [-0.2, 0) is 13.1 Å². The van der Waals surface area contributed by atoms with E-state index in [0.29, 0.717) is 6.54 Å². The van der Waals surface area contributed by atoms with Crippen molar-refractivity contribution >= 4 is 17.0 Å². The van der Waals surface area contributed by atoms with Gasteiger partial charge in [-0.25, -0.2) is 5.48 Å². The van der Waals surface area contributed by atoms with Gasteiger partial charge in [0.2, 0.25) is 0 Å². The van der Waals surface area contributed by atoms with Crippen LogP contribution in [0.15, 0.2) is 60.8 Å². The molecular formula is C19H21N3O. The topological polar surface area (TPSA) is 60.1 Å². The van der Waals surface area contributed by atoms with Crippen LogP contribution >= 0.6 is 0 Å². The zero-order valence-electron chi connectivity index (χ0n) is 12.9. The SMILES string of the molecule is ONCC=Cc1ccc(CNCc2c[nH]c3ccccc23)cc1. The number of H-pyrrole nitrogens is 1. The highest BCUT2D eigenvalue weighted by atomic mass is 16.5. The Bertz CT molecular complexity index is 775. The second kappa shape index (κ2) is 7.74. The van der Waals surface area contributed by atoms with Crippen LogP contribution in [0.1, 0.15) is 16.7 Å². The van der Waals surface area contributed by atoms with Crippen LogP contribution in [0.3, 0.4) is 0 Å². The molecule has 0 bridgehead atoms. The van der Waals surface area contributed by atoms with E-state index in [0.717, 1.165) is 18.7 Å². The number of aromatic amines is 1. The molecule has 0 aliphatic heterocycles. The van der Waals surface area contributed by atoms with Crippen LogP contribution in [0.25, 0.3) is 17.0 Å². The lowest BCUT2D eigenvalue weighted by atomic mass is 10.1. The number of rotatable bonds is 7. The van der Waals surface area contributed by atoms with E-state index >= 15 is 0 Å². The molecule has 0 fully saturated rings. The Morgan fingerprint density at radius 3 is 2.65 bits per heavy atom. The summed E-state index contributed by atoms with van der Waals surface area (Å²) in [4.78, 5) is 3.30. The molecule has 0 radical (unpaired) electrons.